The first-order valence-corrected chi connectivity index (χ1v) is 7.98. The summed E-state index contributed by atoms with van der Waals surface area (Å²) in [6.07, 6.45) is 0.207. The van der Waals surface area contributed by atoms with Gasteiger partial charge in [-0.2, -0.15) is 0 Å². The highest BCUT2D eigenvalue weighted by Crippen LogP contribution is 2.51. The smallest absolute Gasteiger partial charge is 0.504 e. The van der Waals surface area contributed by atoms with Crippen molar-refractivity contribution in [2.45, 2.75) is 26.7 Å². The molecule has 118 valence electrons. The van der Waals surface area contributed by atoms with E-state index in [9.17, 15) is 14.5 Å². The second-order valence-electron chi connectivity index (χ2n) is 4.07. The molecule has 2 N–H and O–H groups in total. The standard InChI is InChI=1S/C13H19O7P/c1-3-18-21(17,19-4-2)20-12-9-10(5-7-11(12)14)6-8-13(15)16/h5,7,9,14H,3-4,6,8H2,1-2H3,(H,15,16). The van der Waals surface area contributed by atoms with Gasteiger partial charge in [0.25, 0.3) is 0 Å². The quantitative estimate of drug-likeness (QED) is 0.675. The Hall–Kier alpha value is -1.56. The van der Waals surface area contributed by atoms with Gasteiger partial charge >= 0.3 is 13.8 Å². The molecule has 0 aliphatic carbocycles. The van der Waals surface area contributed by atoms with Gasteiger partial charge in [0.2, 0.25) is 0 Å². The number of phosphoric ester groups is 1. The van der Waals surface area contributed by atoms with E-state index in [1.807, 2.05) is 0 Å². The number of carboxylic acids is 1. The molecule has 0 aliphatic rings. The summed E-state index contributed by atoms with van der Waals surface area (Å²) in [5, 5.41) is 18.4. The van der Waals surface area contributed by atoms with E-state index in [-0.39, 0.29) is 37.6 Å². The molecule has 0 saturated carbocycles. The van der Waals surface area contributed by atoms with Crippen LogP contribution in [0, 0.1) is 0 Å². The molecular weight excluding hydrogens is 299 g/mol. The van der Waals surface area contributed by atoms with Gasteiger partial charge in [-0.3, -0.25) is 13.8 Å². The summed E-state index contributed by atoms with van der Waals surface area (Å²) in [6, 6.07) is 4.33. The highest BCUT2D eigenvalue weighted by molar-refractivity contribution is 7.48. The molecule has 0 heterocycles. The molecule has 0 aliphatic heterocycles. The number of carboxylic acid groups (broad SMARTS) is 1. The number of rotatable bonds is 9. The number of aryl methyl sites for hydroxylation is 1. The molecule has 1 rings (SSSR count). The molecule has 8 heteroatoms. The second kappa shape index (κ2) is 8.02. The summed E-state index contributed by atoms with van der Waals surface area (Å²) in [4.78, 5) is 10.6. The van der Waals surface area contributed by atoms with Gasteiger partial charge in [0.15, 0.2) is 11.5 Å². The molecule has 0 radical (unpaired) electrons. The Kier molecular flexibility index (Phi) is 6.68. The third-order valence-electron chi connectivity index (χ3n) is 2.44. The first kappa shape index (κ1) is 17.5. The highest BCUT2D eigenvalue weighted by Gasteiger charge is 2.28. The number of aromatic hydroxyl groups is 1. The normalized spacial score (nSPS) is 11.3. The Morgan fingerprint density at radius 2 is 1.86 bits per heavy atom. The molecular formula is C13H19O7P. The SMILES string of the molecule is CCOP(=O)(OCC)Oc1cc(CCC(=O)O)ccc1O. The Morgan fingerprint density at radius 3 is 2.38 bits per heavy atom. The monoisotopic (exact) mass is 318 g/mol. The lowest BCUT2D eigenvalue weighted by Gasteiger charge is -2.18. The lowest BCUT2D eigenvalue weighted by Crippen LogP contribution is -2.03. The van der Waals surface area contributed by atoms with Crippen LogP contribution in [0.2, 0.25) is 0 Å². The fourth-order valence-electron chi connectivity index (χ4n) is 1.57. The van der Waals surface area contributed by atoms with Gasteiger partial charge in [-0.05, 0) is 38.0 Å². The minimum atomic E-state index is -3.80. The zero-order valence-corrected chi connectivity index (χ0v) is 12.8. The van der Waals surface area contributed by atoms with E-state index < -0.39 is 13.8 Å². The Balaban J connectivity index is 2.92. The van der Waals surface area contributed by atoms with Crippen molar-refractivity contribution in [3.8, 4) is 11.5 Å². The molecule has 0 amide bonds. The molecule has 0 unspecified atom stereocenters. The third kappa shape index (κ3) is 5.75. The van der Waals surface area contributed by atoms with Crippen molar-refractivity contribution in [2.24, 2.45) is 0 Å². The molecule has 0 atom stereocenters. The van der Waals surface area contributed by atoms with Gasteiger partial charge in [0.1, 0.15) is 0 Å². The van der Waals surface area contributed by atoms with Crippen LogP contribution in [-0.2, 0) is 24.8 Å². The van der Waals surface area contributed by atoms with E-state index in [1.54, 1.807) is 19.9 Å². The van der Waals surface area contributed by atoms with Crippen LogP contribution in [0.25, 0.3) is 0 Å². The van der Waals surface area contributed by atoms with Crippen molar-refractivity contribution in [1.29, 1.82) is 0 Å². The van der Waals surface area contributed by atoms with E-state index in [0.29, 0.717) is 5.56 Å². The summed E-state index contributed by atoms with van der Waals surface area (Å²) in [7, 11) is -3.80. The second-order valence-corrected chi connectivity index (χ2v) is 5.66. The Morgan fingerprint density at radius 1 is 1.24 bits per heavy atom. The maximum absolute atomic E-state index is 12.2. The van der Waals surface area contributed by atoms with Crippen LogP contribution < -0.4 is 4.52 Å². The summed E-state index contributed by atoms with van der Waals surface area (Å²) in [5.41, 5.74) is 0.629. The van der Waals surface area contributed by atoms with Crippen molar-refractivity contribution in [3.05, 3.63) is 23.8 Å². The lowest BCUT2D eigenvalue weighted by molar-refractivity contribution is -0.136. The third-order valence-corrected chi connectivity index (χ3v) is 4.01. The first-order chi connectivity index (χ1) is 9.90. The van der Waals surface area contributed by atoms with Crippen LogP contribution in [0.1, 0.15) is 25.8 Å². The van der Waals surface area contributed by atoms with Gasteiger partial charge in [0.05, 0.1) is 13.2 Å². The molecule has 1 aromatic rings. The summed E-state index contributed by atoms with van der Waals surface area (Å²) >= 11 is 0. The number of phenolic OH excluding ortho intramolecular Hbond substituents is 1. The number of carbonyl (C=O) groups is 1. The van der Waals surface area contributed by atoms with Crippen molar-refractivity contribution in [1.82, 2.24) is 0 Å². The van der Waals surface area contributed by atoms with E-state index in [1.165, 1.54) is 12.1 Å². The summed E-state index contributed by atoms with van der Waals surface area (Å²) < 4.78 is 27.4. The minimum absolute atomic E-state index is 0.0568. The zero-order valence-electron chi connectivity index (χ0n) is 11.9. The topological polar surface area (TPSA) is 102 Å². The van der Waals surface area contributed by atoms with Crippen molar-refractivity contribution >= 4 is 13.8 Å². The van der Waals surface area contributed by atoms with Gasteiger partial charge in [0, 0.05) is 6.42 Å². The Labute approximate surface area is 123 Å². The maximum Gasteiger partial charge on any atom is 0.530 e. The van der Waals surface area contributed by atoms with Crippen LogP contribution in [0.5, 0.6) is 11.5 Å². The van der Waals surface area contributed by atoms with E-state index in [0.717, 1.165) is 0 Å². The van der Waals surface area contributed by atoms with Gasteiger partial charge < -0.3 is 14.7 Å². The summed E-state index contributed by atoms with van der Waals surface area (Å²) in [5.74, 6) is -1.23. The highest BCUT2D eigenvalue weighted by atomic mass is 31.2. The number of hydrogen-bond donors (Lipinski definition) is 2. The van der Waals surface area contributed by atoms with Crippen LogP contribution in [0.15, 0.2) is 18.2 Å². The largest absolute Gasteiger partial charge is 0.530 e. The zero-order chi connectivity index (χ0) is 15.9. The Bertz CT molecular complexity index is 519. The number of aliphatic carboxylic acids is 1. The molecule has 0 aromatic heterocycles. The van der Waals surface area contributed by atoms with Crippen LogP contribution >= 0.6 is 7.82 Å². The number of benzene rings is 1. The van der Waals surface area contributed by atoms with Gasteiger partial charge in [-0.25, -0.2) is 4.57 Å². The number of hydrogen-bond acceptors (Lipinski definition) is 6. The lowest BCUT2D eigenvalue weighted by atomic mass is 10.1. The minimum Gasteiger partial charge on any atom is -0.504 e. The van der Waals surface area contributed by atoms with Crippen molar-refractivity contribution in [3.63, 3.8) is 0 Å². The number of phenols is 1. The molecule has 0 saturated heterocycles. The fourth-order valence-corrected chi connectivity index (χ4v) is 2.76. The van der Waals surface area contributed by atoms with Crippen LogP contribution in [0.4, 0.5) is 0 Å². The molecule has 0 spiro atoms. The van der Waals surface area contributed by atoms with E-state index >= 15 is 0 Å². The molecule has 0 bridgehead atoms. The van der Waals surface area contributed by atoms with E-state index in [2.05, 4.69) is 0 Å². The first-order valence-electron chi connectivity index (χ1n) is 6.52. The predicted molar refractivity (Wildman–Crippen MR) is 75.6 cm³/mol. The van der Waals surface area contributed by atoms with Crippen molar-refractivity contribution in [2.75, 3.05) is 13.2 Å². The van der Waals surface area contributed by atoms with Gasteiger partial charge in [-0.1, -0.05) is 6.07 Å². The molecule has 21 heavy (non-hydrogen) atoms. The van der Waals surface area contributed by atoms with Gasteiger partial charge in [-0.15, -0.1) is 0 Å². The van der Waals surface area contributed by atoms with E-state index in [4.69, 9.17) is 18.7 Å². The maximum atomic E-state index is 12.2. The molecule has 0 fully saturated rings. The van der Waals surface area contributed by atoms with Crippen LogP contribution in [0.3, 0.4) is 0 Å². The molecule has 7 nitrogen and oxygen atoms in total. The molecule has 1 aromatic carbocycles. The fraction of sp³-hybridized carbons (Fsp3) is 0.462. The number of phosphoric acid groups is 1. The van der Waals surface area contributed by atoms with Crippen LogP contribution in [-0.4, -0.2) is 29.4 Å². The average molecular weight is 318 g/mol. The average Bonchev–Trinajstić information content (AvgIpc) is 2.40. The summed E-state index contributed by atoms with van der Waals surface area (Å²) in [6.45, 7) is 3.52. The van der Waals surface area contributed by atoms with Crippen molar-refractivity contribution < 1.29 is 33.1 Å². The predicted octanol–water partition coefficient (Wildman–Crippen LogP) is 2.97.